The van der Waals surface area contributed by atoms with Gasteiger partial charge in [0.15, 0.2) is 0 Å². The maximum absolute atomic E-state index is 12.5. The van der Waals surface area contributed by atoms with Crippen molar-refractivity contribution >= 4 is 23.2 Å². The van der Waals surface area contributed by atoms with Crippen LogP contribution in [0.25, 0.3) is 0 Å². The molecule has 132 valence electrons. The van der Waals surface area contributed by atoms with Gasteiger partial charge in [0.05, 0.1) is 0 Å². The van der Waals surface area contributed by atoms with Gasteiger partial charge in [-0.05, 0) is 50.5 Å². The summed E-state index contributed by atoms with van der Waals surface area (Å²) in [6.07, 6.45) is 5.78. The number of hydrogen-bond donors (Lipinski definition) is 2. The van der Waals surface area contributed by atoms with E-state index >= 15 is 0 Å². The highest BCUT2D eigenvalue weighted by Crippen LogP contribution is 2.28. The molecule has 2 N–H and O–H groups in total. The van der Waals surface area contributed by atoms with Crippen molar-refractivity contribution in [1.29, 1.82) is 0 Å². The quantitative estimate of drug-likeness (QED) is 0.873. The second-order valence-electron chi connectivity index (χ2n) is 6.44. The SMILES string of the molecule is CCn1nccc1C(=O)Nc1cccc(NC(=O)C2CCCC2)c1C. The normalized spacial score (nSPS) is 14.5. The van der Waals surface area contributed by atoms with E-state index in [1.165, 1.54) is 0 Å². The van der Waals surface area contributed by atoms with Gasteiger partial charge in [0.25, 0.3) is 5.91 Å². The number of aryl methyl sites for hydroxylation is 1. The van der Waals surface area contributed by atoms with Gasteiger partial charge in [-0.1, -0.05) is 18.9 Å². The molecule has 0 atom stereocenters. The van der Waals surface area contributed by atoms with Crippen LogP contribution < -0.4 is 10.6 Å². The molecule has 0 radical (unpaired) electrons. The van der Waals surface area contributed by atoms with Crippen molar-refractivity contribution in [3.05, 3.63) is 41.7 Å². The maximum Gasteiger partial charge on any atom is 0.273 e. The Hall–Kier alpha value is -2.63. The van der Waals surface area contributed by atoms with E-state index in [-0.39, 0.29) is 17.7 Å². The molecule has 6 heteroatoms. The highest BCUT2D eigenvalue weighted by Gasteiger charge is 2.23. The summed E-state index contributed by atoms with van der Waals surface area (Å²) < 4.78 is 1.65. The lowest BCUT2D eigenvalue weighted by atomic mass is 10.1. The number of amides is 2. The lowest BCUT2D eigenvalue weighted by Crippen LogP contribution is -2.21. The molecule has 1 aromatic carbocycles. The second kappa shape index (κ2) is 7.51. The van der Waals surface area contributed by atoms with E-state index in [1.54, 1.807) is 16.9 Å². The number of hydrogen-bond acceptors (Lipinski definition) is 3. The first kappa shape index (κ1) is 17.2. The molecule has 2 amide bonds. The molecule has 1 aliphatic rings. The van der Waals surface area contributed by atoms with Crippen LogP contribution in [0.3, 0.4) is 0 Å². The lowest BCUT2D eigenvalue weighted by Gasteiger charge is -2.15. The summed E-state index contributed by atoms with van der Waals surface area (Å²) in [5.74, 6) is -0.0218. The minimum Gasteiger partial charge on any atom is -0.326 e. The van der Waals surface area contributed by atoms with E-state index in [4.69, 9.17) is 0 Å². The molecule has 0 saturated heterocycles. The van der Waals surface area contributed by atoms with E-state index in [1.807, 2.05) is 32.0 Å². The van der Waals surface area contributed by atoms with Crippen molar-refractivity contribution in [2.75, 3.05) is 10.6 Å². The summed E-state index contributed by atoms with van der Waals surface area (Å²) in [5, 5.41) is 10.1. The monoisotopic (exact) mass is 340 g/mol. The van der Waals surface area contributed by atoms with Gasteiger partial charge in [-0.25, -0.2) is 0 Å². The lowest BCUT2D eigenvalue weighted by molar-refractivity contribution is -0.119. The summed E-state index contributed by atoms with van der Waals surface area (Å²) in [5.41, 5.74) is 2.81. The largest absolute Gasteiger partial charge is 0.326 e. The molecule has 1 fully saturated rings. The molecule has 1 aromatic heterocycles. The number of rotatable bonds is 5. The van der Waals surface area contributed by atoms with E-state index in [9.17, 15) is 9.59 Å². The van der Waals surface area contributed by atoms with Crippen molar-refractivity contribution in [3.63, 3.8) is 0 Å². The molecule has 1 aliphatic carbocycles. The molecule has 0 unspecified atom stereocenters. The van der Waals surface area contributed by atoms with Crippen molar-refractivity contribution in [1.82, 2.24) is 9.78 Å². The van der Waals surface area contributed by atoms with Crippen LogP contribution in [0.15, 0.2) is 30.5 Å². The molecule has 1 saturated carbocycles. The van der Waals surface area contributed by atoms with Crippen LogP contribution in [0, 0.1) is 12.8 Å². The molecule has 3 rings (SSSR count). The van der Waals surface area contributed by atoms with Crippen LogP contribution in [-0.2, 0) is 11.3 Å². The Labute approximate surface area is 147 Å². The van der Waals surface area contributed by atoms with Gasteiger partial charge >= 0.3 is 0 Å². The zero-order chi connectivity index (χ0) is 17.8. The second-order valence-corrected chi connectivity index (χ2v) is 6.44. The zero-order valence-corrected chi connectivity index (χ0v) is 14.7. The first-order valence-corrected chi connectivity index (χ1v) is 8.83. The van der Waals surface area contributed by atoms with Crippen LogP contribution in [0.2, 0.25) is 0 Å². The number of carbonyl (C=O) groups is 2. The molecule has 0 aliphatic heterocycles. The van der Waals surface area contributed by atoms with Crippen molar-refractivity contribution in [2.45, 2.75) is 46.1 Å². The Morgan fingerprint density at radius 2 is 1.84 bits per heavy atom. The molecule has 0 spiro atoms. The minimum absolute atomic E-state index is 0.0770. The van der Waals surface area contributed by atoms with Gasteiger partial charge in [-0.3, -0.25) is 14.3 Å². The topological polar surface area (TPSA) is 76.0 Å². The van der Waals surface area contributed by atoms with Crippen LogP contribution in [0.5, 0.6) is 0 Å². The van der Waals surface area contributed by atoms with E-state index in [2.05, 4.69) is 15.7 Å². The Balaban J connectivity index is 1.74. The van der Waals surface area contributed by atoms with Gasteiger partial charge in [0, 0.05) is 30.0 Å². The first-order chi connectivity index (χ1) is 12.1. The Morgan fingerprint density at radius 1 is 1.16 bits per heavy atom. The summed E-state index contributed by atoms with van der Waals surface area (Å²) >= 11 is 0. The number of nitrogens with one attached hydrogen (secondary N) is 2. The van der Waals surface area contributed by atoms with Gasteiger partial charge in [-0.15, -0.1) is 0 Å². The van der Waals surface area contributed by atoms with Crippen LogP contribution in [0.4, 0.5) is 11.4 Å². The molecule has 0 bridgehead atoms. The molecule has 25 heavy (non-hydrogen) atoms. The Morgan fingerprint density at radius 3 is 2.52 bits per heavy atom. The van der Waals surface area contributed by atoms with Crippen molar-refractivity contribution < 1.29 is 9.59 Å². The number of carbonyl (C=O) groups excluding carboxylic acids is 2. The highest BCUT2D eigenvalue weighted by molar-refractivity contribution is 6.04. The van der Waals surface area contributed by atoms with Crippen LogP contribution >= 0.6 is 0 Å². The fraction of sp³-hybridized carbons (Fsp3) is 0.421. The number of aromatic nitrogens is 2. The van der Waals surface area contributed by atoms with Crippen molar-refractivity contribution in [3.8, 4) is 0 Å². The third kappa shape index (κ3) is 3.73. The third-order valence-electron chi connectivity index (χ3n) is 4.81. The number of anilines is 2. The van der Waals surface area contributed by atoms with E-state index in [0.29, 0.717) is 17.9 Å². The van der Waals surface area contributed by atoms with Gasteiger partial charge < -0.3 is 10.6 Å². The third-order valence-corrected chi connectivity index (χ3v) is 4.81. The molecular formula is C19H24N4O2. The van der Waals surface area contributed by atoms with Gasteiger partial charge in [-0.2, -0.15) is 5.10 Å². The average molecular weight is 340 g/mol. The fourth-order valence-electron chi connectivity index (χ4n) is 3.29. The van der Waals surface area contributed by atoms with Gasteiger partial charge in [0.1, 0.15) is 5.69 Å². The predicted molar refractivity (Wildman–Crippen MR) is 97.6 cm³/mol. The average Bonchev–Trinajstić information content (AvgIpc) is 3.29. The van der Waals surface area contributed by atoms with Crippen molar-refractivity contribution in [2.24, 2.45) is 5.92 Å². The smallest absolute Gasteiger partial charge is 0.273 e. The van der Waals surface area contributed by atoms with E-state index in [0.717, 1.165) is 36.9 Å². The highest BCUT2D eigenvalue weighted by atomic mass is 16.2. The number of benzene rings is 1. The standard InChI is InChI=1S/C19H24N4O2/c1-3-23-17(11-12-20-23)19(25)22-16-10-6-9-15(13(16)2)21-18(24)14-7-4-5-8-14/h6,9-12,14H,3-5,7-8H2,1-2H3,(H,21,24)(H,22,25). The predicted octanol–water partition coefficient (Wildman–Crippen LogP) is 3.59. The summed E-state index contributed by atoms with van der Waals surface area (Å²) in [7, 11) is 0. The molecule has 6 nitrogen and oxygen atoms in total. The minimum atomic E-state index is -0.207. The summed E-state index contributed by atoms with van der Waals surface area (Å²) in [6.45, 7) is 4.47. The number of nitrogens with zero attached hydrogens (tertiary/aromatic N) is 2. The zero-order valence-electron chi connectivity index (χ0n) is 14.7. The van der Waals surface area contributed by atoms with Crippen LogP contribution in [-0.4, -0.2) is 21.6 Å². The maximum atomic E-state index is 12.5. The molecule has 2 aromatic rings. The van der Waals surface area contributed by atoms with Gasteiger partial charge in [0.2, 0.25) is 5.91 Å². The van der Waals surface area contributed by atoms with E-state index < -0.39 is 0 Å². The fourth-order valence-corrected chi connectivity index (χ4v) is 3.29. The Bertz CT molecular complexity index is 775. The summed E-state index contributed by atoms with van der Waals surface area (Å²) in [6, 6.07) is 7.24. The van der Waals surface area contributed by atoms with Crippen LogP contribution in [0.1, 0.15) is 48.7 Å². The molecule has 1 heterocycles. The Kier molecular flexibility index (Phi) is 5.16. The summed E-state index contributed by atoms with van der Waals surface area (Å²) in [4.78, 5) is 24.9. The first-order valence-electron chi connectivity index (χ1n) is 8.83. The molecular weight excluding hydrogens is 316 g/mol.